The zero-order chi connectivity index (χ0) is 15.1. The van der Waals surface area contributed by atoms with Crippen molar-refractivity contribution in [3.05, 3.63) is 0 Å². The van der Waals surface area contributed by atoms with Crippen molar-refractivity contribution in [2.75, 3.05) is 6.61 Å². The lowest BCUT2D eigenvalue weighted by molar-refractivity contribution is -0.146. The predicted molar refractivity (Wildman–Crippen MR) is 66.6 cm³/mol. The number of carboxylic acid groups (broad SMARTS) is 1. The number of carbonyl (C=O) groups is 4. The highest BCUT2D eigenvalue weighted by molar-refractivity contribution is 5.88. The normalized spacial score (nSPS) is 24.2. The van der Waals surface area contributed by atoms with Crippen LogP contribution in [0.2, 0.25) is 0 Å². The second-order valence-electron chi connectivity index (χ2n) is 4.41. The van der Waals surface area contributed by atoms with E-state index < -0.39 is 18.1 Å². The third-order valence-electron chi connectivity index (χ3n) is 2.86. The molecule has 2 heterocycles. The summed E-state index contributed by atoms with van der Waals surface area (Å²) in [5.74, 6) is -1.50. The van der Waals surface area contributed by atoms with Gasteiger partial charge < -0.3 is 20.5 Å². The maximum absolute atomic E-state index is 11.0. The third kappa shape index (κ3) is 4.87. The monoisotopic (exact) mass is 286 g/mol. The van der Waals surface area contributed by atoms with Gasteiger partial charge in [0.25, 0.3) is 0 Å². The van der Waals surface area contributed by atoms with Crippen LogP contribution in [0.3, 0.4) is 0 Å². The van der Waals surface area contributed by atoms with Crippen molar-refractivity contribution >= 4 is 23.8 Å². The van der Waals surface area contributed by atoms with Crippen molar-refractivity contribution in [3.8, 4) is 0 Å². The molecule has 8 heteroatoms. The van der Waals surface area contributed by atoms with Gasteiger partial charge in [-0.2, -0.15) is 0 Å². The van der Waals surface area contributed by atoms with Gasteiger partial charge in [0.15, 0.2) is 0 Å². The average Bonchev–Trinajstić information content (AvgIpc) is 2.99. The molecular formula is C12H18N2O6. The van der Waals surface area contributed by atoms with Crippen molar-refractivity contribution in [2.24, 2.45) is 0 Å². The summed E-state index contributed by atoms with van der Waals surface area (Å²) in [5.41, 5.74) is 0. The van der Waals surface area contributed by atoms with Crippen LogP contribution in [-0.2, 0) is 23.9 Å². The van der Waals surface area contributed by atoms with E-state index in [0.717, 1.165) is 0 Å². The molecule has 2 aliphatic heterocycles. The summed E-state index contributed by atoms with van der Waals surface area (Å²) in [6.07, 6.45) is 1.77. The second kappa shape index (κ2) is 7.46. The van der Waals surface area contributed by atoms with Gasteiger partial charge in [-0.25, -0.2) is 9.59 Å². The molecule has 2 atom stereocenters. The van der Waals surface area contributed by atoms with Gasteiger partial charge in [-0.3, -0.25) is 9.59 Å². The Labute approximate surface area is 115 Å². The number of hydrogen-bond donors (Lipinski definition) is 3. The van der Waals surface area contributed by atoms with E-state index in [9.17, 15) is 19.2 Å². The predicted octanol–water partition coefficient (Wildman–Crippen LogP) is -0.822. The first-order valence-corrected chi connectivity index (χ1v) is 6.42. The lowest BCUT2D eigenvalue weighted by Gasteiger charge is -2.07. The van der Waals surface area contributed by atoms with Crippen LogP contribution in [0.25, 0.3) is 0 Å². The van der Waals surface area contributed by atoms with Gasteiger partial charge in [-0.1, -0.05) is 0 Å². The van der Waals surface area contributed by atoms with Crippen LogP contribution in [0.15, 0.2) is 0 Å². The van der Waals surface area contributed by atoms with Gasteiger partial charge in [0.2, 0.25) is 11.8 Å². The van der Waals surface area contributed by atoms with Gasteiger partial charge in [-0.15, -0.1) is 0 Å². The molecule has 0 aromatic rings. The Morgan fingerprint density at radius 3 is 1.95 bits per heavy atom. The van der Waals surface area contributed by atoms with Crippen molar-refractivity contribution in [2.45, 2.75) is 44.7 Å². The highest BCUT2D eigenvalue weighted by Gasteiger charge is 2.28. The summed E-state index contributed by atoms with van der Waals surface area (Å²) in [4.78, 5) is 42.1. The minimum atomic E-state index is -0.944. The maximum Gasteiger partial charge on any atom is 0.328 e. The summed E-state index contributed by atoms with van der Waals surface area (Å²) < 4.78 is 4.72. The highest BCUT2D eigenvalue weighted by atomic mass is 16.5. The number of aliphatic carboxylic acids is 1. The van der Waals surface area contributed by atoms with Gasteiger partial charge in [0.1, 0.15) is 12.1 Å². The van der Waals surface area contributed by atoms with Crippen LogP contribution >= 0.6 is 0 Å². The molecule has 2 rings (SSSR count). The van der Waals surface area contributed by atoms with Gasteiger partial charge in [0, 0.05) is 12.8 Å². The van der Waals surface area contributed by atoms with Crippen molar-refractivity contribution < 1.29 is 29.0 Å². The number of rotatable bonds is 3. The van der Waals surface area contributed by atoms with Crippen LogP contribution in [-0.4, -0.2) is 47.6 Å². The van der Waals surface area contributed by atoms with Crippen LogP contribution in [0.4, 0.5) is 0 Å². The largest absolute Gasteiger partial charge is 0.480 e. The zero-order valence-corrected chi connectivity index (χ0v) is 11.2. The fraction of sp³-hybridized carbons (Fsp3) is 0.667. The van der Waals surface area contributed by atoms with E-state index in [1.807, 2.05) is 0 Å². The molecule has 112 valence electrons. The number of esters is 1. The Morgan fingerprint density at radius 1 is 1.15 bits per heavy atom. The van der Waals surface area contributed by atoms with E-state index in [-0.39, 0.29) is 17.8 Å². The van der Waals surface area contributed by atoms with Gasteiger partial charge in [-0.05, 0) is 19.8 Å². The fourth-order valence-corrected chi connectivity index (χ4v) is 1.83. The standard InChI is InChI=1S/C7H11NO3.C5H7NO3/c1-2-11-7(10)5-3-4-6(9)8-5;7-4-2-1-3(6-4)5(8)9/h5H,2-4H2,1H3,(H,8,9);3H,1-2H2,(H,6,7)(H,8,9)/t5-;3-/m00/s1. The molecule has 8 nitrogen and oxygen atoms in total. The van der Waals surface area contributed by atoms with E-state index in [4.69, 9.17) is 9.84 Å². The molecule has 2 fully saturated rings. The van der Waals surface area contributed by atoms with E-state index in [1.54, 1.807) is 6.92 Å². The number of hydrogen-bond acceptors (Lipinski definition) is 5. The molecule has 3 N–H and O–H groups in total. The Hall–Kier alpha value is -2.12. The molecule has 2 aliphatic rings. The Morgan fingerprint density at radius 2 is 1.65 bits per heavy atom. The second-order valence-corrected chi connectivity index (χ2v) is 4.41. The smallest absolute Gasteiger partial charge is 0.328 e. The van der Waals surface area contributed by atoms with Crippen LogP contribution in [0.1, 0.15) is 32.6 Å². The first kappa shape index (κ1) is 15.9. The average molecular weight is 286 g/mol. The third-order valence-corrected chi connectivity index (χ3v) is 2.86. The van der Waals surface area contributed by atoms with Crippen molar-refractivity contribution in [1.29, 1.82) is 0 Å². The summed E-state index contributed by atoms with van der Waals surface area (Å²) in [7, 11) is 0. The Balaban J connectivity index is 0.000000204. The Kier molecular flexibility index (Phi) is 5.95. The van der Waals surface area contributed by atoms with E-state index >= 15 is 0 Å². The van der Waals surface area contributed by atoms with Crippen LogP contribution in [0.5, 0.6) is 0 Å². The molecule has 0 saturated carbocycles. The van der Waals surface area contributed by atoms with Crippen LogP contribution in [0, 0.1) is 0 Å². The molecular weight excluding hydrogens is 268 g/mol. The topological polar surface area (TPSA) is 122 Å². The molecule has 0 spiro atoms. The molecule has 2 saturated heterocycles. The lowest BCUT2D eigenvalue weighted by atomic mass is 10.2. The SMILES string of the molecule is CCOC(=O)[C@@H]1CCC(=O)N1.O=C1CC[C@@H](C(=O)O)N1. The van der Waals surface area contributed by atoms with E-state index in [1.165, 1.54) is 0 Å². The van der Waals surface area contributed by atoms with E-state index in [2.05, 4.69) is 10.6 Å². The number of amides is 2. The van der Waals surface area contributed by atoms with Crippen molar-refractivity contribution in [1.82, 2.24) is 10.6 Å². The Bertz CT molecular complexity index is 409. The molecule has 0 radical (unpaired) electrons. The first-order chi connectivity index (χ1) is 9.43. The quantitative estimate of drug-likeness (QED) is 0.583. The maximum atomic E-state index is 11.0. The molecule has 0 unspecified atom stereocenters. The molecule has 20 heavy (non-hydrogen) atoms. The molecule has 0 bridgehead atoms. The summed E-state index contributed by atoms with van der Waals surface area (Å²) >= 11 is 0. The zero-order valence-electron chi connectivity index (χ0n) is 11.2. The summed E-state index contributed by atoms with van der Waals surface area (Å²) in [5, 5.41) is 13.2. The van der Waals surface area contributed by atoms with Gasteiger partial charge in [0.05, 0.1) is 6.61 Å². The summed E-state index contributed by atoms with van der Waals surface area (Å²) in [6, 6.07) is -1.04. The van der Waals surface area contributed by atoms with Gasteiger partial charge >= 0.3 is 11.9 Å². The first-order valence-electron chi connectivity index (χ1n) is 6.42. The number of carboxylic acids is 1. The lowest BCUT2D eigenvalue weighted by Crippen LogP contribution is -2.34. The molecule has 2 amide bonds. The minimum Gasteiger partial charge on any atom is -0.480 e. The molecule has 0 aliphatic carbocycles. The van der Waals surface area contributed by atoms with Crippen LogP contribution < -0.4 is 10.6 Å². The molecule has 0 aromatic carbocycles. The number of carbonyl (C=O) groups excluding carboxylic acids is 3. The minimum absolute atomic E-state index is 0.0666. The highest BCUT2D eigenvalue weighted by Crippen LogP contribution is 2.07. The number of ether oxygens (including phenoxy) is 1. The van der Waals surface area contributed by atoms with Crippen molar-refractivity contribution in [3.63, 3.8) is 0 Å². The molecule has 0 aromatic heterocycles. The van der Waals surface area contributed by atoms with E-state index in [0.29, 0.717) is 32.3 Å². The summed E-state index contributed by atoms with van der Waals surface area (Å²) in [6.45, 7) is 2.11. The fourth-order valence-electron chi connectivity index (χ4n) is 1.83. The number of nitrogens with one attached hydrogen (secondary N) is 2.